The third-order valence-electron chi connectivity index (χ3n) is 10.3. The maximum absolute atomic E-state index is 12.7. The van der Waals surface area contributed by atoms with Crippen LogP contribution in [-0.2, 0) is 28.6 Å². The van der Waals surface area contributed by atoms with Gasteiger partial charge in [-0.15, -0.1) is 0 Å². The Morgan fingerprint density at radius 1 is 0.544 bits per heavy atom. The van der Waals surface area contributed by atoms with Gasteiger partial charge in [-0.05, 0) is 32.1 Å². The van der Waals surface area contributed by atoms with E-state index in [2.05, 4.69) is 38.2 Å². The molecule has 0 aromatic heterocycles. The number of carbonyl (C=O) groups excluding carboxylic acids is 3. The topological polar surface area (TPSA) is 102 Å². The minimum Gasteiger partial charge on any atom is -0.544 e. The highest BCUT2D eigenvalue weighted by molar-refractivity contribution is 5.70. The SMILES string of the molecule is CC/C=C/C=C/C=C/C=C/CCCCCCCC(=O)OCC(COCCC(C(=O)[O-])[N+](C)(C)C)OC(=O)CCCCCCCCCCCCCCCCCCCC. The quantitative estimate of drug-likeness (QED) is 0.0262. The molecule has 0 spiro atoms. The zero-order valence-corrected chi connectivity index (χ0v) is 37.5. The average Bonchev–Trinajstić information content (AvgIpc) is 3.17. The molecule has 0 saturated heterocycles. The van der Waals surface area contributed by atoms with Crippen LogP contribution in [0.15, 0.2) is 48.6 Å². The monoisotopic (exact) mass is 802 g/mol. The smallest absolute Gasteiger partial charge is 0.306 e. The predicted molar refractivity (Wildman–Crippen MR) is 236 cm³/mol. The molecule has 0 heterocycles. The van der Waals surface area contributed by atoms with Crippen molar-refractivity contribution in [1.82, 2.24) is 0 Å². The van der Waals surface area contributed by atoms with E-state index in [1.165, 1.54) is 96.3 Å². The van der Waals surface area contributed by atoms with Crippen LogP contribution in [0.5, 0.6) is 0 Å². The number of carboxylic acid groups (broad SMARTS) is 1. The summed E-state index contributed by atoms with van der Waals surface area (Å²) in [5, 5.41) is 11.6. The van der Waals surface area contributed by atoms with Crippen molar-refractivity contribution in [3.63, 3.8) is 0 Å². The number of rotatable bonds is 41. The molecule has 8 heteroatoms. The van der Waals surface area contributed by atoms with E-state index in [0.29, 0.717) is 12.8 Å². The number of carbonyl (C=O) groups is 3. The molecule has 2 unspecified atom stereocenters. The number of aliphatic carboxylic acids is 1. The highest BCUT2D eigenvalue weighted by Gasteiger charge is 2.25. The minimum absolute atomic E-state index is 0.0340. The van der Waals surface area contributed by atoms with E-state index in [1.807, 2.05) is 24.3 Å². The Hall–Kier alpha value is -2.71. The van der Waals surface area contributed by atoms with E-state index < -0.39 is 18.1 Å². The molecule has 0 amide bonds. The van der Waals surface area contributed by atoms with Crippen LogP contribution in [-0.4, -0.2) is 75.5 Å². The Balaban J connectivity index is 4.32. The third-order valence-corrected chi connectivity index (χ3v) is 10.3. The molecule has 57 heavy (non-hydrogen) atoms. The van der Waals surface area contributed by atoms with Crippen molar-refractivity contribution in [3.8, 4) is 0 Å². The predicted octanol–water partition coefficient (Wildman–Crippen LogP) is 11.5. The van der Waals surface area contributed by atoms with E-state index in [4.69, 9.17) is 14.2 Å². The first-order valence-corrected chi connectivity index (χ1v) is 23.2. The lowest BCUT2D eigenvalue weighted by atomic mass is 10.0. The number of likely N-dealkylation sites (N-methyl/N-ethyl adjacent to an activating group) is 1. The molecular weight excluding hydrogens is 715 g/mol. The van der Waals surface area contributed by atoms with Gasteiger partial charge in [-0.1, -0.05) is 191 Å². The van der Waals surface area contributed by atoms with E-state index in [-0.39, 0.29) is 42.7 Å². The average molecular weight is 802 g/mol. The number of unbranched alkanes of at least 4 members (excludes halogenated alkanes) is 22. The molecule has 0 aliphatic carbocycles. The Labute approximate surface area is 350 Å². The molecule has 330 valence electrons. The van der Waals surface area contributed by atoms with Gasteiger partial charge in [-0.25, -0.2) is 0 Å². The molecule has 0 bridgehead atoms. The number of allylic oxidation sites excluding steroid dienone is 8. The molecule has 2 atom stereocenters. The molecular formula is C49H87NO7. The van der Waals surface area contributed by atoms with Gasteiger partial charge in [0.05, 0.1) is 40.3 Å². The number of hydrogen-bond donors (Lipinski definition) is 0. The standard InChI is InChI=1S/C49H87NO7/c1-6-8-10-12-14-16-18-20-22-23-24-26-28-30-32-34-36-38-40-48(52)57-45(43-55-42-41-46(49(53)54)50(3,4)5)44-56-47(51)39-37-35-33-31-29-27-25-21-19-17-15-13-11-9-7-2/h9,11,13,15,17,19,21,25,45-46H,6-8,10,12,14,16,18,20,22-24,26-44H2,1-5H3/b11-9+,15-13+,19-17+,25-21+. The molecule has 0 saturated carbocycles. The Kier molecular flexibility index (Phi) is 38.2. The third kappa shape index (κ3) is 38.6. The van der Waals surface area contributed by atoms with Gasteiger partial charge >= 0.3 is 11.9 Å². The van der Waals surface area contributed by atoms with Gasteiger partial charge in [0, 0.05) is 19.3 Å². The van der Waals surface area contributed by atoms with Crippen molar-refractivity contribution in [1.29, 1.82) is 0 Å². The van der Waals surface area contributed by atoms with Crippen LogP contribution in [0.4, 0.5) is 0 Å². The molecule has 0 aromatic carbocycles. The van der Waals surface area contributed by atoms with Gasteiger partial charge in [0.25, 0.3) is 0 Å². The number of ether oxygens (including phenoxy) is 3. The molecule has 0 aromatic rings. The highest BCUT2D eigenvalue weighted by Crippen LogP contribution is 2.16. The van der Waals surface area contributed by atoms with Crippen molar-refractivity contribution in [2.24, 2.45) is 0 Å². The first kappa shape index (κ1) is 54.3. The maximum Gasteiger partial charge on any atom is 0.306 e. The van der Waals surface area contributed by atoms with Crippen LogP contribution in [0.1, 0.15) is 194 Å². The first-order valence-electron chi connectivity index (χ1n) is 23.2. The summed E-state index contributed by atoms with van der Waals surface area (Å²) in [6, 6.07) is -0.729. The summed E-state index contributed by atoms with van der Waals surface area (Å²) in [6.07, 6.45) is 47.0. The van der Waals surface area contributed by atoms with Gasteiger partial charge in [-0.3, -0.25) is 9.59 Å². The molecule has 0 fully saturated rings. The van der Waals surface area contributed by atoms with Gasteiger partial charge in [-0.2, -0.15) is 0 Å². The number of carboxylic acids is 1. The second-order valence-corrected chi connectivity index (χ2v) is 16.7. The zero-order chi connectivity index (χ0) is 42.1. The summed E-state index contributed by atoms with van der Waals surface area (Å²) in [6.45, 7) is 4.51. The minimum atomic E-state index is -1.13. The molecule has 8 nitrogen and oxygen atoms in total. The van der Waals surface area contributed by atoms with Crippen molar-refractivity contribution >= 4 is 17.9 Å². The summed E-state index contributed by atoms with van der Waals surface area (Å²) in [7, 11) is 5.40. The summed E-state index contributed by atoms with van der Waals surface area (Å²) in [4.78, 5) is 36.9. The molecule has 0 rings (SSSR count). The van der Waals surface area contributed by atoms with Gasteiger partial charge in [0.2, 0.25) is 0 Å². The Bertz CT molecular complexity index is 1070. The fourth-order valence-corrected chi connectivity index (χ4v) is 6.73. The summed E-state index contributed by atoms with van der Waals surface area (Å²) in [5.41, 5.74) is 0. The molecule has 0 N–H and O–H groups in total. The van der Waals surface area contributed by atoms with Gasteiger partial charge in [0.1, 0.15) is 12.6 Å². The van der Waals surface area contributed by atoms with Crippen LogP contribution >= 0.6 is 0 Å². The van der Waals surface area contributed by atoms with Gasteiger partial charge < -0.3 is 28.6 Å². The number of quaternary nitrogens is 1. The summed E-state index contributed by atoms with van der Waals surface area (Å²) in [5.74, 6) is -1.76. The Morgan fingerprint density at radius 3 is 1.46 bits per heavy atom. The normalized spacial score (nSPS) is 13.4. The van der Waals surface area contributed by atoms with Crippen LogP contribution in [0, 0.1) is 0 Å². The maximum atomic E-state index is 12.7. The Morgan fingerprint density at radius 2 is 0.982 bits per heavy atom. The largest absolute Gasteiger partial charge is 0.544 e. The number of esters is 2. The second-order valence-electron chi connectivity index (χ2n) is 16.7. The van der Waals surface area contributed by atoms with E-state index >= 15 is 0 Å². The van der Waals surface area contributed by atoms with E-state index in [0.717, 1.165) is 64.2 Å². The van der Waals surface area contributed by atoms with Crippen LogP contribution in [0.25, 0.3) is 0 Å². The van der Waals surface area contributed by atoms with Gasteiger partial charge in [0.15, 0.2) is 6.10 Å². The van der Waals surface area contributed by atoms with E-state index in [1.54, 1.807) is 21.1 Å². The van der Waals surface area contributed by atoms with Crippen molar-refractivity contribution in [2.75, 3.05) is 41.0 Å². The second kappa shape index (κ2) is 40.1. The van der Waals surface area contributed by atoms with Crippen molar-refractivity contribution in [2.45, 2.75) is 206 Å². The van der Waals surface area contributed by atoms with Crippen LogP contribution < -0.4 is 5.11 Å². The van der Waals surface area contributed by atoms with Crippen molar-refractivity contribution in [3.05, 3.63) is 48.6 Å². The number of hydrogen-bond acceptors (Lipinski definition) is 7. The first-order chi connectivity index (χ1) is 27.6. The lowest BCUT2D eigenvalue weighted by Crippen LogP contribution is -2.55. The highest BCUT2D eigenvalue weighted by atomic mass is 16.6. The lowest BCUT2D eigenvalue weighted by molar-refractivity contribution is -0.889. The van der Waals surface area contributed by atoms with Crippen molar-refractivity contribution < 1.29 is 38.2 Å². The fraction of sp³-hybridized carbons (Fsp3) is 0.776. The van der Waals surface area contributed by atoms with E-state index in [9.17, 15) is 19.5 Å². The molecule has 0 aliphatic rings. The summed E-state index contributed by atoms with van der Waals surface area (Å²) < 4.78 is 17.2. The lowest BCUT2D eigenvalue weighted by Gasteiger charge is -2.34. The fourth-order valence-electron chi connectivity index (χ4n) is 6.73. The molecule has 0 aliphatic heterocycles. The summed E-state index contributed by atoms with van der Waals surface area (Å²) >= 11 is 0. The number of nitrogens with zero attached hydrogens (tertiary/aromatic N) is 1. The van der Waals surface area contributed by atoms with Crippen LogP contribution in [0.2, 0.25) is 0 Å². The van der Waals surface area contributed by atoms with Crippen LogP contribution in [0.3, 0.4) is 0 Å². The molecule has 0 radical (unpaired) electrons. The zero-order valence-electron chi connectivity index (χ0n) is 37.5.